The maximum absolute atomic E-state index is 12.7. The van der Waals surface area contributed by atoms with Gasteiger partial charge in [0.15, 0.2) is 5.13 Å². The number of fused-ring (bicyclic) bond motifs is 1. The number of thiazole rings is 1. The molecule has 1 amide bonds. The average molecular weight is 420 g/mol. The first kappa shape index (κ1) is 19.8. The number of hydrogen-bond acceptors (Lipinski definition) is 5. The van der Waals surface area contributed by atoms with Crippen LogP contribution in [-0.4, -0.2) is 20.4 Å². The molecule has 0 fully saturated rings. The lowest BCUT2D eigenvalue weighted by molar-refractivity contribution is 0.102. The summed E-state index contributed by atoms with van der Waals surface area (Å²) in [5.74, 6) is -0.361. The van der Waals surface area contributed by atoms with E-state index in [9.17, 15) is 14.4 Å². The summed E-state index contributed by atoms with van der Waals surface area (Å²) in [6, 6.07) is 12.8. The highest BCUT2D eigenvalue weighted by atomic mass is 32.1. The fraction of sp³-hybridized carbons (Fsp3) is 0.182. The van der Waals surface area contributed by atoms with Crippen molar-refractivity contribution in [3.8, 4) is 11.3 Å². The lowest BCUT2D eigenvalue weighted by Gasteiger charge is -2.06. The third-order valence-corrected chi connectivity index (χ3v) is 5.70. The summed E-state index contributed by atoms with van der Waals surface area (Å²) in [5, 5.41) is 5.51. The second-order valence-electron chi connectivity index (χ2n) is 6.78. The summed E-state index contributed by atoms with van der Waals surface area (Å²) in [7, 11) is 0. The van der Waals surface area contributed by atoms with E-state index in [1.165, 1.54) is 23.0 Å². The first-order valence-corrected chi connectivity index (χ1v) is 10.5. The van der Waals surface area contributed by atoms with Gasteiger partial charge in [-0.25, -0.2) is 9.78 Å². The fourth-order valence-electron chi connectivity index (χ4n) is 3.23. The molecule has 0 aliphatic rings. The van der Waals surface area contributed by atoms with Gasteiger partial charge in [0, 0.05) is 23.1 Å². The van der Waals surface area contributed by atoms with Gasteiger partial charge in [-0.15, -0.1) is 11.3 Å². The molecule has 0 unspecified atom stereocenters. The van der Waals surface area contributed by atoms with Crippen LogP contribution in [0.25, 0.3) is 22.2 Å². The van der Waals surface area contributed by atoms with E-state index in [1.807, 2.05) is 17.5 Å². The van der Waals surface area contributed by atoms with Gasteiger partial charge in [0.2, 0.25) is 0 Å². The van der Waals surface area contributed by atoms with Gasteiger partial charge in [-0.3, -0.25) is 19.5 Å². The van der Waals surface area contributed by atoms with Gasteiger partial charge in [-0.1, -0.05) is 31.2 Å². The third kappa shape index (κ3) is 3.69. The maximum Gasteiger partial charge on any atom is 0.328 e. The van der Waals surface area contributed by atoms with Gasteiger partial charge in [0.05, 0.1) is 16.6 Å². The Labute approximate surface area is 176 Å². The largest absolute Gasteiger partial charge is 0.328 e. The molecule has 0 radical (unpaired) electrons. The molecule has 0 aliphatic carbocycles. The van der Waals surface area contributed by atoms with Crippen LogP contribution in [0.5, 0.6) is 0 Å². The van der Waals surface area contributed by atoms with Crippen LogP contribution in [0.4, 0.5) is 5.13 Å². The van der Waals surface area contributed by atoms with Crippen molar-refractivity contribution in [2.45, 2.75) is 26.8 Å². The van der Waals surface area contributed by atoms with E-state index in [2.05, 4.69) is 34.3 Å². The monoisotopic (exact) mass is 420 g/mol. The predicted octanol–water partition coefficient (Wildman–Crippen LogP) is 3.65. The molecular weight excluding hydrogens is 400 g/mol. The summed E-state index contributed by atoms with van der Waals surface area (Å²) >= 11 is 1.34. The number of nitrogens with one attached hydrogen (secondary N) is 2. The van der Waals surface area contributed by atoms with Gasteiger partial charge in [0.1, 0.15) is 0 Å². The van der Waals surface area contributed by atoms with Crippen molar-refractivity contribution in [1.29, 1.82) is 0 Å². The number of nitrogens with zero attached hydrogens (tertiary/aromatic N) is 2. The van der Waals surface area contributed by atoms with Gasteiger partial charge in [-0.2, -0.15) is 0 Å². The highest BCUT2D eigenvalue weighted by Crippen LogP contribution is 2.25. The molecule has 0 atom stereocenters. The number of carbonyl (C=O) groups excluding carboxylic acids is 1. The summed E-state index contributed by atoms with van der Waals surface area (Å²) in [6.45, 7) is 4.11. The molecule has 2 aromatic heterocycles. The van der Waals surface area contributed by atoms with Crippen LogP contribution in [0, 0.1) is 0 Å². The molecule has 0 saturated heterocycles. The zero-order valence-electron chi connectivity index (χ0n) is 16.6. The molecule has 152 valence electrons. The minimum atomic E-state index is -0.494. The third-order valence-electron chi connectivity index (χ3n) is 4.94. The topological polar surface area (TPSA) is 96.9 Å². The number of benzene rings is 2. The highest BCUT2D eigenvalue weighted by Gasteiger charge is 2.13. The Hall–Kier alpha value is -3.52. The van der Waals surface area contributed by atoms with E-state index >= 15 is 0 Å². The summed E-state index contributed by atoms with van der Waals surface area (Å²) in [4.78, 5) is 44.2. The standard InChI is InChI=1S/C22H20N4O3S/c1-3-13-5-7-14(8-6-13)18-12-30-21(23-18)25-19(27)15-9-10-16-17(11-15)24-22(29)26(4-2)20(16)28/h5-12H,3-4H2,1-2H3,(H,24,29)(H,23,25,27). The van der Waals surface area contributed by atoms with Crippen molar-refractivity contribution in [1.82, 2.24) is 14.5 Å². The molecule has 7 nitrogen and oxygen atoms in total. The first-order chi connectivity index (χ1) is 14.5. The van der Waals surface area contributed by atoms with Gasteiger partial charge in [0.25, 0.3) is 11.5 Å². The second kappa shape index (κ2) is 8.08. The van der Waals surface area contributed by atoms with Crippen molar-refractivity contribution in [3.63, 3.8) is 0 Å². The van der Waals surface area contributed by atoms with Crippen molar-refractivity contribution in [2.24, 2.45) is 0 Å². The van der Waals surface area contributed by atoms with E-state index in [4.69, 9.17) is 0 Å². The SMILES string of the molecule is CCc1ccc(-c2csc(NC(=O)c3ccc4c(=O)n(CC)c(=O)[nH]c4c3)n2)cc1. The zero-order valence-corrected chi connectivity index (χ0v) is 17.4. The van der Waals surface area contributed by atoms with E-state index < -0.39 is 5.69 Å². The number of aryl methyl sites for hydroxylation is 1. The lowest BCUT2D eigenvalue weighted by atomic mass is 10.1. The maximum atomic E-state index is 12.7. The number of aromatic amines is 1. The summed E-state index contributed by atoms with van der Waals surface area (Å²) in [6.07, 6.45) is 0.974. The van der Waals surface area contributed by atoms with E-state index in [0.29, 0.717) is 21.6 Å². The molecule has 2 heterocycles. The smallest absolute Gasteiger partial charge is 0.307 e. The van der Waals surface area contributed by atoms with Crippen LogP contribution in [0.15, 0.2) is 57.4 Å². The van der Waals surface area contributed by atoms with Crippen molar-refractivity contribution in [2.75, 3.05) is 5.32 Å². The molecule has 0 aliphatic heterocycles. The number of anilines is 1. The Morgan fingerprint density at radius 3 is 2.60 bits per heavy atom. The molecule has 2 aromatic carbocycles. The molecule has 4 rings (SSSR count). The number of rotatable bonds is 5. The van der Waals surface area contributed by atoms with Crippen LogP contribution in [0.2, 0.25) is 0 Å². The highest BCUT2D eigenvalue weighted by molar-refractivity contribution is 7.14. The predicted molar refractivity (Wildman–Crippen MR) is 119 cm³/mol. The summed E-state index contributed by atoms with van der Waals surface area (Å²) in [5.41, 5.74) is 2.82. The van der Waals surface area contributed by atoms with Gasteiger partial charge >= 0.3 is 5.69 Å². The van der Waals surface area contributed by atoms with E-state index in [-0.39, 0.29) is 18.0 Å². The zero-order chi connectivity index (χ0) is 21.3. The molecular formula is C22H20N4O3S. The summed E-state index contributed by atoms with van der Waals surface area (Å²) < 4.78 is 1.12. The normalized spacial score (nSPS) is 11.0. The number of H-pyrrole nitrogens is 1. The average Bonchev–Trinajstić information content (AvgIpc) is 3.22. The number of carbonyl (C=O) groups is 1. The van der Waals surface area contributed by atoms with E-state index in [1.54, 1.807) is 19.1 Å². The molecule has 0 saturated carbocycles. The Kier molecular flexibility index (Phi) is 5.33. The minimum absolute atomic E-state index is 0.278. The first-order valence-electron chi connectivity index (χ1n) is 9.63. The second-order valence-corrected chi connectivity index (χ2v) is 7.64. The Bertz CT molecular complexity index is 1350. The van der Waals surface area contributed by atoms with Crippen molar-refractivity contribution >= 4 is 33.3 Å². The van der Waals surface area contributed by atoms with Crippen LogP contribution in [0.1, 0.15) is 29.8 Å². The van der Waals surface area contributed by atoms with Gasteiger partial charge in [-0.05, 0) is 37.1 Å². The molecule has 4 aromatic rings. The minimum Gasteiger partial charge on any atom is -0.307 e. The van der Waals surface area contributed by atoms with Crippen molar-refractivity contribution < 1.29 is 4.79 Å². The fourth-order valence-corrected chi connectivity index (χ4v) is 3.94. The van der Waals surface area contributed by atoms with Crippen LogP contribution < -0.4 is 16.6 Å². The Morgan fingerprint density at radius 1 is 1.13 bits per heavy atom. The number of amides is 1. The molecule has 30 heavy (non-hydrogen) atoms. The molecule has 0 bridgehead atoms. The lowest BCUT2D eigenvalue weighted by Crippen LogP contribution is -2.34. The Morgan fingerprint density at radius 2 is 1.90 bits per heavy atom. The van der Waals surface area contributed by atoms with Crippen LogP contribution >= 0.6 is 11.3 Å². The Balaban J connectivity index is 1.58. The quantitative estimate of drug-likeness (QED) is 0.515. The number of aromatic nitrogens is 3. The molecule has 0 spiro atoms. The molecule has 2 N–H and O–H groups in total. The van der Waals surface area contributed by atoms with E-state index in [0.717, 1.165) is 22.2 Å². The van der Waals surface area contributed by atoms with Crippen molar-refractivity contribution in [3.05, 3.63) is 79.8 Å². The van der Waals surface area contributed by atoms with Crippen LogP contribution in [-0.2, 0) is 13.0 Å². The van der Waals surface area contributed by atoms with Crippen LogP contribution in [0.3, 0.4) is 0 Å². The number of hydrogen-bond donors (Lipinski definition) is 2. The molecule has 8 heteroatoms. The van der Waals surface area contributed by atoms with Gasteiger partial charge < -0.3 is 4.98 Å².